The van der Waals surface area contributed by atoms with E-state index in [1.54, 1.807) is 31.3 Å². The van der Waals surface area contributed by atoms with Gasteiger partial charge in [-0.3, -0.25) is 9.59 Å². The van der Waals surface area contributed by atoms with Gasteiger partial charge in [0.1, 0.15) is 18.1 Å². The lowest BCUT2D eigenvalue weighted by atomic mass is 10.2. The van der Waals surface area contributed by atoms with E-state index in [0.29, 0.717) is 18.0 Å². The third-order valence-corrected chi connectivity index (χ3v) is 3.88. The van der Waals surface area contributed by atoms with Gasteiger partial charge in [0.05, 0.1) is 12.4 Å². The predicted octanol–water partition coefficient (Wildman–Crippen LogP) is 1.65. The normalized spacial score (nSPS) is 11.6. The average molecular weight is 381 g/mol. The van der Waals surface area contributed by atoms with E-state index in [9.17, 15) is 9.59 Å². The van der Waals surface area contributed by atoms with Gasteiger partial charge in [0.2, 0.25) is 11.8 Å². The molecule has 0 aliphatic heterocycles. The number of oxazole rings is 1. The molecular weight excluding hydrogens is 362 g/mol. The highest BCUT2D eigenvalue weighted by Gasteiger charge is 2.17. The summed E-state index contributed by atoms with van der Waals surface area (Å²) in [6.07, 6.45) is 4.81. The van der Waals surface area contributed by atoms with Gasteiger partial charge >= 0.3 is 0 Å². The van der Waals surface area contributed by atoms with Gasteiger partial charge in [0.15, 0.2) is 11.5 Å². The zero-order valence-corrected chi connectivity index (χ0v) is 15.0. The average Bonchev–Trinajstić information content (AvgIpc) is 3.21. The molecule has 1 aromatic carbocycles. The Kier molecular flexibility index (Phi) is 5.49. The van der Waals surface area contributed by atoms with E-state index in [1.165, 1.54) is 12.5 Å². The lowest BCUT2D eigenvalue weighted by molar-refractivity contribution is -0.118. The number of nitrogens with one attached hydrogen (secondary N) is 2. The van der Waals surface area contributed by atoms with Crippen molar-refractivity contribution in [1.29, 1.82) is 0 Å². The molecule has 0 saturated heterocycles. The lowest BCUT2D eigenvalue weighted by Gasteiger charge is -2.15. The Balaban J connectivity index is 1.91. The topological polar surface area (TPSA) is 162 Å². The van der Waals surface area contributed by atoms with Crippen LogP contribution in [0, 0.1) is 0 Å². The number of nitrogens with zero attached hydrogens (tertiary/aromatic N) is 3. The van der Waals surface area contributed by atoms with Crippen LogP contribution in [0.1, 0.15) is 23.8 Å². The Labute approximate surface area is 160 Å². The minimum Gasteiger partial charge on any atom is -0.445 e. The van der Waals surface area contributed by atoms with Gasteiger partial charge in [-0.1, -0.05) is 13.0 Å². The fourth-order valence-corrected chi connectivity index (χ4v) is 2.51. The van der Waals surface area contributed by atoms with Gasteiger partial charge < -0.3 is 26.5 Å². The molecule has 6 N–H and O–H groups in total. The van der Waals surface area contributed by atoms with Gasteiger partial charge in [-0.25, -0.2) is 15.0 Å². The van der Waals surface area contributed by atoms with Crippen molar-refractivity contribution in [2.45, 2.75) is 19.4 Å². The minimum atomic E-state index is -0.743. The summed E-state index contributed by atoms with van der Waals surface area (Å²) in [7, 11) is 0. The first-order chi connectivity index (χ1) is 13.5. The number of hydrogen-bond donors (Lipinski definition) is 4. The second-order valence-corrected chi connectivity index (χ2v) is 5.87. The standard InChI is InChI=1S/C18H19N7O3/c1-2-12(15(19)26)24-13-9-22-14(16(20)27)17(25-13)23-11-5-3-4-10(8-11)18-21-6-7-28-18/h3-9,12H,2H2,1H3,(H2,19,26)(H2,20,27)(H2,23,24,25)/t12-/m1/s1. The van der Waals surface area contributed by atoms with Gasteiger partial charge in [0.25, 0.3) is 5.91 Å². The molecule has 2 heterocycles. The lowest BCUT2D eigenvalue weighted by Crippen LogP contribution is -2.35. The monoisotopic (exact) mass is 381 g/mol. The number of benzene rings is 1. The molecule has 28 heavy (non-hydrogen) atoms. The van der Waals surface area contributed by atoms with Gasteiger partial charge in [-0.05, 0) is 24.6 Å². The van der Waals surface area contributed by atoms with E-state index in [1.807, 2.05) is 6.07 Å². The fourth-order valence-electron chi connectivity index (χ4n) is 2.51. The molecule has 2 amide bonds. The first-order valence-corrected chi connectivity index (χ1v) is 8.47. The summed E-state index contributed by atoms with van der Waals surface area (Å²) in [5.74, 6) is -0.389. The number of aromatic nitrogens is 3. The Hall–Kier alpha value is -3.95. The molecular formula is C18H19N7O3. The summed E-state index contributed by atoms with van der Waals surface area (Å²) >= 11 is 0. The number of primary amides is 2. The maximum atomic E-state index is 11.7. The van der Waals surface area contributed by atoms with Crippen molar-refractivity contribution in [3.05, 3.63) is 48.6 Å². The highest BCUT2D eigenvalue weighted by atomic mass is 16.3. The Morgan fingerprint density at radius 1 is 1.25 bits per heavy atom. The van der Waals surface area contributed by atoms with E-state index in [-0.39, 0.29) is 17.3 Å². The molecule has 10 heteroatoms. The number of anilines is 3. The predicted molar refractivity (Wildman–Crippen MR) is 103 cm³/mol. The quantitative estimate of drug-likeness (QED) is 0.458. The minimum absolute atomic E-state index is 0.0424. The zero-order chi connectivity index (χ0) is 20.1. The largest absolute Gasteiger partial charge is 0.445 e. The Morgan fingerprint density at radius 3 is 2.71 bits per heavy atom. The molecule has 3 aromatic rings. The highest BCUT2D eigenvalue weighted by molar-refractivity contribution is 5.96. The van der Waals surface area contributed by atoms with Crippen LogP contribution in [0.4, 0.5) is 17.3 Å². The van der Waals surface area contributed by atoms with Crippen LogP contribution >= 0.6 is 0 Å². The van der Waals surface area contributed by atoms with Crippen molar-refractivity contribution in [3.8, 4) is 11.5 Å². The van der Waals surface area contributed by atoms with Crippen LogP contribution in [-0.4, -0.2) is 32.8 Å². The maximum absolute atomic E-state index is 11.7. The SMILES string of the molecule is CC[C@@H](Nc1cnc(C(N)=O)c(Nc2cccc(-c3ncco3)c2)n1)C(N)=O. The molecule has 0 bridgehead atoms. The van der Waals surface area contributed by atoms with Crippen molar-refractivity contribution in [3.63, 3.8) is 0 Å². The first-order valence-electron chi connectivity index (χ1n) is 8.47. The molecule has 0 aliphatic rings. The van der Waals surface area contributed by atoms with Crippen molar-refractivity contribution in [2.75, 3.05) is 10.6 Å². The fraction of sp³-hybridized carbons (Fsp3) is 0.167. The zero-order valence-electron chi connectivity index (χ0n) is 15.0. The van der Waals surface area contributed by atoms with Gasteiger partial charge in [0, 0.05) is 11.3 Å². The maximum Gasteiger partial charge on any atom is 0.271 e. The third kappa shape index (κ3) is 4.23. The Bertz CT molecular complexity index is 989. The van der Waals surface area contributed by atoms with Crippen molar-refractivity contribution >= 4 is 29.1 Å². The number of carbonyl (C=O) groups is 2. The second kappa shape index (κ2) is 8.16. The summed E-state index contributed by atoms with van der Waals surface area (Å²) in [5, 5.41) is 5.91. The van der Waals surface area contributed by atoms with E-state index in [4.69, 9.17) is 15.9 Å². The molecule has 0 aliphatic carbocycles. The van der Waals surface area contributed by atoms with Crippen LogP contribution in [0.2, 0.25) is 0 Å². The number of nitrogens with two attached hydrogens (primary N) is 2. The number of amides is 2. The highest BCUT2D eigenvalue weighted by Crippen LogP contribution is 2.24. The molecule has 0 unspecified atom stereocenters. The molecule has 144 valence electrons. The van der Waals surface area contributed by atoms with Crippen LogP contribution in [-0.2, 0) is 4.79 Å². The molecule has 0 radical (unpaired) electrons. The van der Waals surface area contributed by atoms with Crippen LogP contribution in [0.15, 0.2) is 47.3 Å². The van der Waals surface area contributed by atoms with Crippen LogP contribution in [0.25, 0.3) is 11.5 Å². The molecule has 0 spiro atoms. The molecule has 1 atom stereocenters. The molecule has 10 nitrogen and oxygen atoms in total. The van der Waals surface area contributed by atoms with Gasteiger partial charge in [-0.2, -0.15) is 0 Å². The van der Waals surface area contributed by atoms with E-state index in [2.05, 4.69) is 25.6 Å². The molecule has 0 saturated carbocycles. The molecule has 3 rings (SSSR count). The number of carbonyl (C=O) groups excluding carboxylic acids is 2. The Morgan fingerprint density at radius 2 is 2.07 bits per heavy atom. The molecule has 0 fully saturated rings. The summed E-state index contributed by atoms with van der Waals surface area (Å²) in [4.78, 5) is 35.6. The first kappa shape index (κ1) is 18.8. The smallest absolute Gasteiger partial charge is 0.271 e. The summed E-state index contributed by atoms with van der Waals surface area (Å²) in [6.45, 7) is 1.81. The summed E-state index contributed by atoms with van der Waals surface area (Å²) in [6, 6.07) is 6.55. The second-order valence-electron chi connectivity index (χ2n) is 5.87. The van der Waals surface area contributed by atoms with E-state index >= 15 is 0 Å². The van der Waals surface area contributed by atoms with Gasteiger partial charge in [-0.15, -0.1) is 0 Å². The summed E-state index contributed by atoms with van der Waals surface area (Å²) < 4.78 is 5.29. The van der Waals surface area contributed by atoms with Crippen molar-refractivity contribution in [1.82, 2.24) is 15.0 Å². The van der Waals surface area contributed by atoms with Crippen molar-refractivity contribution in [2.24, 2.45) is 11.5 Å². The summed E-state index contributed by atoms with van der Waals surface area (Å²) in [5.41, 5.74) is 12.1. The van der Waals surface area contributed by atoms with E-state index in [0.717, 1.165) is 5.56 Å². The van der Waals surface area contributed by atoms with Crippen LogP contribution in [0.3, 0.4) is 0 Å². The van der Waals surface area contributed by atoms with E-state index < -0.39 is 17.9 Å². The number of rotatable bonds is 8. The third-order valence-electron chi connectivity index (χ3n) is 3.88. The van der Waals surface area contributed by atoms with Crippen LogP contribution in [0.5, 0.6) is 0 Å². The molecule has 2 aromatic heterocycles. The number of hydrogen-bond acceptors (Lipinski definition) is 8. The van der Waals surface area contributed by atoms with Crippen molar-refractivity contribution < 1.29 is 14.0 Å². The van der Waals surface area contributed by atoms with Crippen LogP contribution < -0.4 is 22.1 Å².